The minimum absolute atomic E-state index is 0.461. The molecule has 0 heterocycles. The lowest BCUT2D eigenvalue weighted by Gasteiger charge is -2.27. The van der Waals surface area contributed by atoms with Crippen LogP contribution in [0, 0.1) is 0 Å². The smallest absolute Gasteiger partial charge is 0.0516 e. The fourth-order valence-electron chi connectivity index (χ4n) is 3.09. The Bertz CT molecular complexity index is 586. The zero-order chi connectivity index (χ0) is 13.9. The van der Waals surface area contributed by atoms with E-state index < -0.39 is 0 Å². The molecule has 1 nitrogen and oxygen atoms in total. The molecule has 2 aromatic rings. The van der Waals surface area contributed by atoms with Crippen LogP contribution in [0.25, 0.3) is 0 Å². The zero-order valence-electron chi connectivity index (χ0n) is 12.4. The number of hydrogen-bond acceptors (Lipinski definition) is 1. The summed E-state index contributed by atoms with van der Waals surface area (Å²) in [6, 6.07) is 18.2. The van der Waals surface area contributed by atoms with Crippen LogP contribution >= 0.6 is 0 Å². The largest absolute Gasteiger partial charge is 0.378 e. The summed E-state index contributed by atoms with van der Waals surface area (Å²) in [7, 11) is 0. The van der Waals surface area contributed by atoms with Gasteiger partial charge in [0, 0.05) is 5.69 Å². The van der Waals surface area contributed by atoms with Crippen molar-refractivity contribution in [2.75, 3.05) is 5.32 Å². The second kappa shape index (κ2) is 5.70. The molecule has 0 spiro atoms. The highest BCUT2D eigenvalue weighted by Crippen LogP contribution is 2.32. The van der Waals surface area contributed by atoms with Gasteiger partial charge in [-0.3, -0.25) is 0 Å². The van der Waals surface area contributed by atoms with E-state index in [0.717, 1.165) is 0 Å². The molecule has 0 fully saturated rings. The molecule has 1 aliphatic carbocycles. The maximum atomic E-state index is 3.73. The Morgan fingerprint density at radius 1 is 1.05 bits per heavy atom. The van der Waals surface area contributed by atoms with Crippen LogP contribution in [-0.4, -0.2) is 0 Å². The average molecular weight is 265 g/mol. The Morgan fingerprint density at radius 2 is 1.90 bits per heavy atom. The molecule has 104 valence electrons. The fourth-order valence-corrected chi connectivity index (χ4v) is 3.09. The summed E-state index contributed by atoms with van der Waals surface area (Å²) >= 11 is 0. The summed E-state index contributed by atoms with van der Waals surface area (Å²) in [5.41, 5.74) is 5.64. The van der Waals surface area contributed by atoms with Gasteiger partial charge >= 0.3 is 0 Å². The first-order chi connectivity index (χ1) is 9.74. The number of nitrogens with one attached hydrogen (secondary N) is 1. The minimum atomic E-state index is 0.461. The van der Waals surface area contributed by atoms with Crippen LogP contribution in [0.4, 0.5) is 5.69 Å². The van der Waals surface area contributed by atoms with Crippen molar-refractivity contribution in [3.8, 4) is 0 Å². The van der Waals surface area contributed by atoms with Crippen LogP contribution < -0.4 is 5.32 Å². The van der Waals surface area contributed by atoms with Gasteiger partial charge in [0.2, 0.25) is 0 Å². The molecule has 0 amide bonds. The van der Waals surface area contributed by atoms with Crippen LogP contribution in [0.2, 0.25) is 0 Å². The molecule has 1 atom stereocenters. The van der Waals surface area contributed by atoms with Gasteiger partial charge in [0.25, 0.3) is 0 Å². The summed E-state index contributed by atoms with van der Waals surface area (Å²) in [5.74, 6) is 0.579. The maximum Gasteiger partial charge on any atom is 0.0516 e. The van der Waals surface area contributed by atoms with Crippen molar-refractivity contribution in [2.45, 2.75) is 45.1 Å². The lowest BCUT2D eigenvalue weighted by atomic mass is 9.87. The summed E-state index contributed by atoms with van der Waals surface area (Å²) < 4.78 is 0. The minimum Gasteiger partial charge on any atom is -0.378 e. The van der Waals surface area contributed by atoms with E-state index in [-0.39, 0.29) is 0 Å². The predicted molar refractivity (Wildman–Crippen MR) is 86.3 cm³/mol. The molecular formula is C19H23N. The van der Waals surface area contributed by atoms with Gasteiger partial charge in [0.05, 0.1) is 6.04 Å². The van der Waals surface area contributed by atoms with Crippen molar-refractivity contribution < 1.29 is 0 Å². The summed E-state index contributed by atoms with van der Waals surface area (Å²) in [4.78, 5) is 0. The molecule has 0 aromatic heterocycles. The third-order valence-electron chi connectivity index (χ3n) is 4.26. The molecule has 1 aliphatic rings. The second-order valence-corrected chi connectivity index (χ2v) is 6.07. The Morgan fingerprint density at radius 3 is 2.75 bits per heavy atom. The number of rotatable bonds is 3. The lowest BCUT2D eigenvalue weighted by Crippen LogP contribution is -2.17. The Labute approximate surface area is 122 Å². The third-order valence-corrected chi connectivity index (χ3v) is 4.26. The van der Waals surface area contributed by atoms with Gasteiger partial charge in [-0.25, -0.2) is 0 Å². The van der Waals surface area contributed by atoms with Gasteiger partial charge in [-0.15, -0.1) is 0 Å². The molecule has 1 N–H and O–H groups in total. The highest BCUT2D eigenvalue weighted by molar-refractivity contribution is 5.49. The second-order valence-electron chi connectivity index (χ2n) is 6.07. The monoisotopic (exact) mass is 265 g/mol. The van der Waals surface area contributed by atoms with E-state index in [1.165, 1.54) is 41.6 Å². The van der Waals surface area contributed by atoms with E-state index in [1.807, 2.05) is 0 Å². The molecule has 0 saturated heterocycles. The van der Waals surface area contributed by atoms with E-state index >= 15 is 0 Å². The van der Waals surface area contributed by atoms with E-state index in [0.29, 0.717) is 12.0 Å². The Hall–Kier alpha value is -1.76. The van der Waals surface area contributed by atoms with E-state index in [4.69, 9.17) is 0 Å². The van der Waals surface area contributed by atoms with Crippen molar-refractivity contribution >= 4 is 5.69 Å². The van der Waals surface area contributed by atoms with Gasteiger partial charge in [0.1, 0.15) is 0 Å². The number of benzene rings is 2. The van der Waals surface area contributed by atoms with Gasteiger partial charge < -0.3 is 5.32 Å². The van der Waals surface area contributed by atoms with Crippen LogP contribution in [0.1, 0.15) is 55.3 Å². The van der Waals surface area contributed by atoms with E-state index in [2.05, 4.69) is 67.7 Å². The number of anilines is 1. The van der Waals surface area contributed by atoms with E-state index in [1.54, 1.807) is 0 Å². The third kappa shape index (κ3) is 2.72. The highest BCUT2D eigenvalue weighted by atomic mass is 14.9. The first-order valence-electron chi connectivity index (χ1n) is 7.68. The molecule has 1 heteroatoms. The Balaban J connectivity index is 1.84. The van der Waals surface area contributed by atoms with Crippen LogP contribution in [0.15, 0.2) is 48.5 Å². The van der Waals surface area contributed by atoms with Crippen molar-refractivity contribution in [3.05, 3.63) is 65.2 Å². The van der Waals surface area contributed by atoms with Crippen molar-refractivity contribution in [3.63, 3.8) is 0 Å². The van der Waals surface area contributed by atoms with E-state index in [9.17, 15) is 0 Å². The number of aryl methyl sites for hydroxylation is 1. The fraction of sp³-hybridized carbons (Fsp3) is 0.368. The average Bonchev–Trinajstić information content (AvgIpc) is 2.48. The zero-order valence-corrected chi connectivity index (χ0v) is 12.4. The number of hydrogen-bond donors (Lipinski definition) is 1. The first-order valence-corrected chi connectivity index (χ1v) is 7.68. The molecule has 0 bridgehead atoms. The molecule has 0 radical (unpaired) electrons. The van der Waals surface area contributed by atoms with Crippen molar-refractivity contribution in [2.24, 2.45) is 0 Å². The quantitative estimate of drug-likeness (QED) is 0.794. The van der Waals surface area contributed by atoms with Gasteiger partial charge in [-0.1, -0.05) is 50.2 Å². The number of fused-ring (bicyclic) bond motifs is 1. The molecule has 20 heavy (non-hydrogen) atoms. The van der Waals surface area contributed by atoms with Gasteiger partial charge in [-0.05, 0) is 54.0 Å². The lowest BCUT2D eigenvalue weighted by molar-refractivity contribution is 0.600. The molecule has 2 aromatic carbocycles. The van der Waals surface area contributed by atoms with Gasteiger partial charge in [-0.2, -0.15) is 0 Å². The molecular weight excluding hydrogens is 242 g/mol. The highest BCUT2D eigenvalue weighted by Gasteiger charge is 2.19. The molecule has 0 aliphatic heterocycles. The topological polar surface area (TPSA) is 12.0 Å². The Kier molecular flexibility index (Phi) is 3.77. The van der Waals surface area contributed by atoms with Crippen molar-refractivity contribution in [1.82, 2.24) is 0 Å². The molecule has 0 saturated carbocycles. The summed E-state index contributed by atoms with van der Waals surface area (Å²) in [6.45, 7) is 4.49. The maximum absolute atomic E-state index is 3.73. The van der Waals surface area contributed by atoms with Gasteiger partial charge in [0.15, 0.2) is 0 Å². The summed E-state index contributed by atoms with van der Waals surface area (Å²) in [5, 5.41) is 3.73. The van der Waals surface area contributed by atoms with Crippen LogP contribution in [0.3, 0.4) is 0 Å². The van der Waals surface area contributed by atoms with Crippen molar-refractivity contribution in [1.29, 1.82) is 0 Å². The first kappa shape index (κ1) is 13.2. The standard InChI is InChI=1S/C19H23N/c1-14(2)16-9-5-10-17(13-16)20-19-12-6-8-15-7-3-4-11-18(15)19/h3-5,7,9-11,13-14,19-20H,6,8,12H2,1-2H3. The van der Waals surface area contributed by atoms with Crippen LogP contribution in [-0.2, 0) is 6.42 Å². The SMILES string of the molecule is CC(C)c1cccc(NC2CCCc3ccccc32)c1. The molecule has 3 rings (SSSR count). The predicted octanol–water partition coefficient (Wildman–Crippen LogP) is 5.30. The van der Waals surface area contributed by atoms with Crippen LogP contribution in [0.5, 0.6) is 0 Å². The summed E-state index contributed by atoms with van der Waals surface area (Å²) in [6.07, 6.45) is 3.72. The molecule has 1 unspecified atom stereocenters. The normalized spacial score (nSPS) is 17.9.